The molecule has 0 unspecified atom stereocenters. The number of thiophene rings is 1. The second kappa shape index (κ2) is 4.97. The fourth-order valence-electron chi connectivity index (χ4n) is 2.47. The van der Waals surface area contributed by atoms with E-state index < -0.39 is 0 Å². The standard InChI is InChI=1S/C15H13NO2S/c17-9-11-6-8-14(19-11)15(18)16-13-7-5-10-3-1-2-4-12(10)13/h1-4,6,8-9,13H,5,7H2,(H,16,18)/t13-/m1/s1. The summed E-state index contributed by atoms with van der Waals surface area (Å²) in [4.78, 5) is 23.9. The molecule has 1 amide bonds. The van der Waals surface area contributed by atoms with E-state index in [1.165, 1.54) is 22.5 Å². The van der Waals surface area contributed by atoms with Crippen LogP contribution >= 0.6 is 11.3 Å². The third-order valence-corrected chi connectivity index (χ3v) is 4.41. The maximum Gasteiger partial charge on any atom is 0.261 e. The first kappa shape index (κ1) is 12.1. The number of benzene rings is 1. The number of carbonyl (C=O) groups is 2. The van der Waals surface area contributed by atoms with Crippen LogP contribution in [0.4, 0.5) is 0 Å². The number of aldehydes is 1. The third kappa shape index (κ3) is 2.31. The van der Waals surface area contributed by atoms with E-state index in [0.717, 1.165) is 19.1 Å². The number of rotatable bonds is 3. The van der Waals surface area contributed by atoms with Crippen LogP contribution in [0.15, 0.2) is 36.4 Å². The van der Waals surface area contributed by atoms with Crippen LogP contribution in [0.1, 0.15) is 42.9 Å². The van der Waals surface area contributed by atoms with Gasteiger partial charge in [0.05, 0.1) is 15.8 Å². The molecule has 1 aliphatic rings. The summed E-state index contributed by atoms with van der Waals surface area (Å²) >= 11 is 1.23. The molecule has 0 saturated heterocycles. The Hall–Kier alpha value is -1.94. The number of fused-ring (bicyclic) bond motifs is 1. The highest BCUT2D eigenvalue weighted by atomic mass is 32.1. The Morgan fingerprint density at radius 3 is 2.89 bits per heavy atom. The van der Waals surface area contributed by atoms with Crippen LogP contribution in [-0.4, -0.2) is 12.2 Å². The highest BCUT2D eigenvalue weighted by molar-refractivity contribution is 7.15. The summed E-state index contributed by atoms with van der Waals surface area (Å²) < 4.78 is 0. The van der Waals surface area contributed by atoms with Gasteiger partial charge in [-0.3, -0.25) is 9.59 Å². The minimum absolute atomic E-state index is 0.0884. The normalized spacial score (nSPS) is 16.9. The zero-order chi connectivity index (χ0) is 13.2. The molecule has 0 radical (unpaired) electrons. The van der Waals surface area contributed by atoms with E-state index in [1.807, 2.05) is 12.1 Å². The molecule has 1 aromatic carbocycles. The number of amides is 1. The van der Waals surface area contributed by atoms with Gasteiger partial charge in [-0.05, 0) is 36.1 Å². The Morgan fingerprint density at radius 1 is 1.26 bits per heavy atom. The SMILES string of the molecule is O=Cc1ccc(C(=O)N[C@@H]2CCc3ccccc32)s1. The number of carbonyl (C=O) groups excluding carboxylic acids is 2. The van der Waals surface area contributed by atoms with Gasteiger partial charge in [-0.25, -0.2) is 0 Å². The molecule has 4 heteroatoms. The monoisotopic (exact) mass is 271 g/mol. The lowest BCUT2D eigenvalue weighted by molar-refractivity contribution is 0.0940. The van der Waals surface area contributed by atoms with E-state index in [9.17, 15) is 9.59 Å². The van der Waals surface area contributed by atoms with Crippen molar-refractivity contribution in [3.63, 3.8) is 0 Å². The molecule has 1 N–H and O–H groups in total. The third-order valence-electron chi connectivity index (χ3n) is 3.40. The number of hydrogen-bond acceptors (Lipinski definition) is 3. The predicted molar refractivity (Wildman–Crippen MR) is 74.7 cm³/mol. The molecule has 0 saturated carbocycles. The lowest BCUT2D eigenvalue weighted by Gasteiger charge is -2.13. The van der Waals surface area contributed by atoms with Gasteiger partial charge < -0.3 is 5.32 Å². The van der Waals surface area contributed by atoms with E-state index in [4.69, 9.17) is 0 Å². The molecule has 2 aromatic rings. The van der Waals surface area contributed by atoms with Crippen LogP contribution in [0, 0.1) is 0 Å². The predicted octanol–water partition coefficient (Wildman–Crippen LogP) is 2.98. The van der Waals surface area contributed by atoms with Crippen molar-refractivity contribution in [2.45, 2.75) is 18.9 Å². The lowest BCUT2D eigenvalue weighted by Crippen LogP contribution is -2.26. The van der Waals surface area contributed by atoms with Gasteiger partial charge >= 0.3 is 0 Å². The summed E-state index contributed by atoms with van der Waals surface area (Å²) in [5.74, 6) is -0.0974. The molecule has 1 atom stereocenters. The highest BCUT2D eigenvalue weighted by Gasteiger charge is 2.24. The van der Waals surface area contributed by atoms with Gasteiger partial charge in [-0.15, -0.1) is 11.3 Å². The molecule has 19 heavy (non-hydrogen) atoms. The quantitative estimate of drug-likeness (QED) is 0.872. The van der Waals surface area contributed by atoms with Gasteiger partial charge in [0.1, 0.15) is 0 Å². The molecule has 3 rings (SSSR count). The summed E-state index contributed by atoms with van der Waals surface area (Å²) in [6.45, 7) is 0. The van der Waals surface area contributed by atoms with Crippen molar-refractivity contribution >= 4 is 23.5 Å². The number of nitrogens with one attached hydrogen (secondary N) is 1. The van der Waals surface area contributed by atoms with Gasteiger partial charge in [-0.1, -0.05) is 24.3 Å². The van der Waals surface area contributed by atoms with Crippen molar-refractivity contribution in [3.8, 4) is 0 Å². The largest absolute Gasteiger partial charge is 0.345 e. The van der Waals surface area contributed by atoms with Crippen LogP contribution in [0.25, 0.3) is 0 Å². The lowest BCUT2D eigenvalue weighted by atomic mass is 10.1. The fourth-order valence-corrected chi connectivity index (χ4v) is 3.20. The van der Waals surface area contributed by atoms with E-state index in [0.29, 0.717) is 9.75 Å². The van der Waals surface area contributed by atoms with Gasteiger partial charge in [-0.2, -0.15) is 0 Å². The maximum atomic E-state index is 12.1. The Bertz CT molecular complexity index is 633. The van der Waals surface area contributed by atoms with E-state index in [2.05, 4.69) is 17.4 Å². The molecule has 1 aromatic heterocycles. The summed E-state index contributed by atoms with van der Waals surface area (Å²) in [5.41, 5.74) is 2.52. The second-order valence-electron chi connectivity index (χ2n) is 4.58. The van der Waals surface area contributed by atoms with Crippen molar-refractivity contribution in [2.75, 3.05) is 0 Å². The van der Waals surface area contributed by atoms with Crippen molar-refractivity contribution < 1.29 is 9.59 Å². The van der Waals surface area contributed by atoms with Crippen molar-refractivity contribution in [3.05, 3.63) is 57.3 Å². The van der Waals surface area contributed by atoms with Crippen LogP contribution in [-0.2, 0) is 6.42 Å². The average molecular weight is 271 g/mol. The highest BCUT2D eigenvalue weighted by Crippen LogP contribution is 2.31. The van der Waals surface area contributed by atoms with Crippen molar-refractivity contribution in [2.24, 2.45) is 0 Å². The first-order valence-corrected chi connectivity index (χ1v) is 7.03. The molecule has 1 heterocycles. The molecule has 0 bridgehead atoms. The van der Waals surface area contributed by atoms with Gasteiger partial charge in [0.15, 0.2) is 6.29 Å². The zero-order valence-corrected chi connectivity index (χ0v) is 11.1. The molecular weight excluding hydrogens is 258 g/mol. The average Bonchev–Trinajstić information content (AvgIpc) is 3.06. The summed E-state index contributed by atoms with van der Waals surface area (Å²) in [7, 11) is 0. The Balaban J connectivity index is 1.76. The smallest absolute Gasteiger partial charge is 0.261 e. The minimum atomic E-state index is -0.0974. The molecule has 96 valence electrons. The summed E-state index contributed by atoms with van der Waals surface area (Å²) in [6, 6.07) is 11.7. The van der Waals surface area contributed by atoms with Crippen LogP contribution in [0.3, 0.4) is 0 Å². The first-order chi connectivity index (χ1) is 9.28. The number of aryl methyl sites for hydroxylation is 1. The minimum Gasteiger partial charge on any atom is -0.345 e. The molecule has 0 fully saturated rings. The molecule has 1 aliphatic carbocycles. The van der Waals surface area contributed by atoms with Gasteiger partial charge in [0.25, 0.3) is 5.91 Å². The van der Waals surface area contributed by atoms with Crippen LogP contribution in [0.5, 0.6) is 0 Å². The fraction of sp³-hybridized carbons (Fsp3) is 0.200. The molecule has 3 nitrogen and oxygen atoms in total. The summed E-state index contributed by atoms with van der Waals surface area (Å²) in [6.07, 6.45) is 2.72. The first-order valence-electron chi connectivity index (χ1n) is 6.21. The maximum absolute atomic E-state index is 12.1. The molecular formula is C15H13NO2S. The van der Waals surface area contributed by atoms with Gasteiger partial charge in [0.2, 0.25) is 0 Å². The Kier molecular flexibility index (Phi) is 3.17. The second-order valence-corrected chi connectivity index (χ2v) is 5.70. The van der Waals surface area contributed by atoms with Crippen molar-refractivity contribution in [1.29, 1.82) is 0 Å². The molecule has 0 aliphatic heterocycles. The van der Waals surface area contributed by atoms with E-state index in [1.54, 1.807) is 12.1 Å². The van der Waals surface area contributed by atoms with Crippen LogP contribution < -0.4 is 5.32 Å². The van der Waals surface area contributed by atoms with Crippen molar-refractivity contribution in [1.82, 2.24) is 5.32 Å². The topological polar surface area (TPSA) is 46.2 Å². The summed E-state index contributed by atoms with van der Waals surface area (Å²) in [5, 5.41) is 3.04. The Morgan fingerprint density at radius 2 is 2.11 bits per heavy atom. The van der Waals surface area contributed by atoms with E-state index >= 15 is 0 Å². The molecule has 0 spiro atoms. The van der Waals surface area contributed by atoms with Gasteiger partial charge in [0, 0.05) is 0 Å². The van der Waals surface area contributed by atoms with Crippen LogP contribution in [0.2, 0.25) is 0 Å². The van der Waals surface area contributed by atoms with E-state index in [-0.39, 0.29) is 11.9 Å². The Labute approximate surface area is 115 Å². The number of hydrogen-bond donors (Lipinski definition) is 1. The zero-order valence-electron chi connectivity index (χ0n) is 10.3.